The smallest absolute Gasteiger partial charge is 0.251 e. The van der Waals surface area contributed by atoms with Crippen molar-refractivity contribution in [2.75, 3.05) is 24.3 Å². The summed E-state index contributed by atoms with van der Waals surface area (Å²) in [6.45, 7) is 4.82. The predicted molar refractivity (Wildman–Crippen MR) is 125 cm³/mol. The molecule has 3 N–H and O–H groups in total. The van der Waals surface area contributed by atoms with Crippen molar-refractivity contribution in [2.24, 2.45) is 11.8 Å². The second kappa shape index (κ2) is 10.8. The van der Waals surface area contributed by atoms with Crippen LogP contribution >= 0.6 is 0 Å². The second-order valence-electron chi connectivity index (χ2n) is 8.52. The van der Waals surface area contributed by atoms with Crippen LogP contribution in [0.25, 0.3) is 0 Å². The molecule has 0 heterocycles. The monoisotopic (exact) mass is 423 g/mol. The molecule has 166 valence electrons. The molecule has 6 heteroatoms. The Bertz CT molecular complexity index is 857. The van der Waals surface area contributed by atoms with E-state index in [1.807, 2.05) is 38.1 Å². The van der Waals surface area contributed by atoms with Crippen molar-refractivity contribution in [1.82, 2.24) is 5.32 Å². The lowest BCUT2D eigenvalue weighted by atomic mass is 10.0. The molecule has 0 aromatic heterocycles. The Labute approximate surface area is 184 Å². The van der Waals surface area contributed by atoms with Crippen molar-refractivity contribution in [3.8, 4) is 5.75 Å². The molecule has 0 aliphatic heterocycles. The fourth-order valence-corrected chi connectivity index (χ4v) is 3.87. The van der Waals surface area contributed by atoms with Crippen molar-refractivity contribution < 1.29 is 14.3 Å². The van der Waals surface area contributed by atoms with Crippen LogP contribution in [0.3, 0.4) is 0 Å². The average Bonchev–Trinajstić information content (AvgIpc) is 3.30. The largest absolute Gasteiger partial charge is 0.497 e. The maximum atomic E-state index is 12.8. The minimum absolute atomic E-state index is 0.0606. The number of ether oxygens (including phenoxy) is 1. The lowest BCUT2D eigenvalue weighted by Crippen LogP contribution is -2.47. The molecule has 0 radical (unpaired) electrons. The standard InChI is InChI=1S/C25H33N3O3/c1-17(2)23(28-24(29)19-8-14-22(31-3)15-9-19)25(30)27-21-12-10-20(11-13-21)26-16-18-6-4-5-7-18/h8-15,17-18,23,26H,4-7,16H2,1-3H3,(H,27,30)(H,28,29). The number of hydrogen-bond acceptors (Lipinski definition) is 4. The summed E-state index contributed by atoms with van der Waals surface area (Å²) in [4.78, 5) is 25.4. The number of methoxy groups -OCH3 is 1. The van der Waals surface area contributed by atoms with Crippen molar-refractivity contribution >= 4 is 23.2 Å². The fourth-order valence-electron chi connectivity index (χ4n) is 3.87. The SMILES string of the molecule is COc1ccc(C(=O)NC(C(=O)Nc2ccc(NCC3CCCC3)cc2)C(C)C)cc1. The molecule has 1 aliphatic carbocycles. The van der Waals surface area contributed by atoms with Gasteiger partial charge < -0.3 is 20.7 Å². The van der Waals surface area contributed by atoms with Gasteiger partial charge in [0, 0.05) is 23.5 Å². The van der Waals surface area contributed by atoms with E-state index in [9.17, 15) is 9.59 Å². The Morgan fingerprint density at radius 1 is 0.968 bits per heavy atom. The number of rotatable bonds is 9. The highest BCUT2D eigenvalue weighted by Gasteiger charge is 2.25. The van der Waals surface area contributed by atoms with Crippen molar-refractivity contribution in [1.29, 1.82) is 0 Å². The Morgan fingerprint density at radius 3 is 2.16 bits per heavy atom. The van der Waals surface area contributed by atoms with Gasteiger partial charge in [0.1, 0.15) is 11.8 Å². The van der Waals surface area contributed by atoms with E-state index < -0.39 is 6.04 Å². The number of benzene rings is 2. The van der Waals surface area contributed by atoms with Crippen molar-refractivity contribution in [3.05, 3.63) is 54.1 Å². The lowest BCUT2D eigenvalue weighted by molar-refractivity contribution is -0.118. The summed E-state index contributed by atoms with van der Waals surface area (Å²) in [7, 11) is 1.58. The number of nitrogens with one attached hydrogen (secondary N) is 3. The number of carbonyl (C=O) groups is 2. The van der Waals surface area contributed by atoms with Crippen LogP contribution in [-0.2, 0) is 4.79 Å². The second-order valence-corrected chi connectivity index (χ2v) is 8.52. The molecule has 1 aliphatic rings. The summed E-state index contributed by atoms with van der Waals surface area (Å²) in [6.07, 6.45) is 5.28. The van der Waals surface area contributed by atoms with Crippen LogP contribution in [0.4, 0.5) is 11.4 Å². The molecule has 1 fully saturated rings. The highest BCUT2D eigenvalue weighted by Crippen LogP contribution is 2.25. The first-order valence-electron chi connectivity index (χ1n) is 11.1. The Kier molecular flexibility index (Phi) is 7.93. The number of amides is 2. The first-order chi connectivity index (χ1) is 15.0. The molecule has 2 amide bonds. The molecule has 3 rings (SSSR count). The van der Waals surface area contributed by atoms with Crippen LogP contribution in [0, 0.1) is 11.8 Å². The van der Waals surface area contributed by atoms with Gasteiger partial charge in [-0.2, -0.15) is 0 Å². The van der Waals surface area contributed by atoms with Gasteiger partial charge in [-0.25, -0.2) is 0 Å². The van der Waals surface area contributed by atoms with E-state index in [0.717, 1.165) is 18.2 Å². The quantitative estimate of drug-likeness (QED) is 0.547. The van der Waals surface area contributed by atoms with E-state index in [4.69, 9.17) is 4.74 Å². The van der Waals surface area contributed by atoms with Crippen molar-refractivity contribution in [3.63, 3.8) is 0 Å². The molecule has 0 spiro atoms. The molecular formula is C25H33N3O3. The maximum Gasteiger partial charge on any atom is 0.251 e. The van der Waals surface area contributed by atoms with Crippen LogP contribution in [0.5, 0.6) is 5.75 Å². The molecule has 1 saturated carbocycles. The Balaban J connectivity index is 1.56. The molecular weight excluding hydrogens is 390 g/mol. The zero-order valence-electron chi connectivity index (χ0n) is 18.6. The summed E-state index contributed by atoms with van der Waals surface area (Å²) < 4.78 is 5.12. The summed E-state index contributed by atoms with van der Waals surface area (Å²) in [6, 6.07) is 13.9. The van der Waals surface area contributed by atoms with Gasteiger partial charge in [-0.3, -0.25) is 9.59 Å². The van der Waals surface area contributed by atoms with Crippen LogP contribution in [-0.4, -0.2) is 31.5 Å². The van der Waals surface area contributed by atoms with E-state index in [2.05, 4.69) is 16.0 Å². The van der Waals surface area contributed by atoms with Gasteiger partial charge in [0.15, 0.2) is 0 Å². The fraction of sp³-hybridized carbons (Fsp3) is 0.440. The third-order valence-electron chi connectivity index (χ3n) is 5.81. The molecule has 1 unspecified atom stereocenters. The molecule has 2 aromatic rings. The molecule has 31 heavy (non-hydrogen) atoms. The van der Waals surface area contributed by atoms with Gasteiger partial charge in [-0.1, -0.05) is 26.7 Å². The van der Waals surface area contributed by atoms with Gasteiger partial charge >= 0.3 is 0 Å². The summed E-state index contributed by atoms with van der Waals surface area (Å²) in [5, 5.41) is 9.25. The van der Waals surface area contributed by atoms with Gasteiger partial charge in [0.25, 0.3) is 5.91 Å². The zero-order valence-corrected chi connectivity index (χ0v) is 18.6. The highest BCUT2D eigenvalue weighted by atomic mass is 16.5. The topological polar surface area (TPSA) is 79.5 Å². The Hall–Kier alpha value is -3.02. The van der Waals surface area contributed by atoms with Gasteiger partial charge in [0.05, 0.1) is 7.11 Å². The van der Waals surface area contributed by atoms with E-state index in [-0.39, 0.29) is 17.7 Å². The van der Waals surface area contributed by atoms with Crippen LogP contribution < -0.4 is 20.7 Å². The van der Waals surface area contributed by atoms with Crippen molar-refractivity contribution in [2.45, 2.75) is 45.6 Å². The van der Waals surface area contributed by atoms with Crippen LogP contribution in [0.15, 0.2) is 48.5 Å². The first kappa shape index (κ1) is 22.7. The summed E-state index contributed by atoms with van der Waals surface area (Å²) >= 11 is 0. The van der Waals surface area contributed by atoms with Gasteiger partial charge in [-0.15, -0.1) is 0 Å². The molecule has 0 bridgehead atoms. The number of anilines is 2. The van der Waals surface area contributed by atoms with Crippen LogP contribution in [0.2, 0.25) is 0 Å². The molecule has 0 saturated heterocycles. The first-order valence-corrected chi connectivity index (χ1v) is 11.1. The minimum atomic E-state index is -0.644. The summed E-state index contributed by atoms with van der Waals surface area (Å²) in [5.41, 5.74) is 2.25. The van der Waals surface area contributed by atoms with E-state index in [0.29, 0.717) is 17.0 Å². The lowest BCUT2D eigenvalue weighted by Gasteiger charge is -2.22. The minimum Gasteiger partial charge on any atom is -0.497 e. The third-order valence-corrected chi connectivity index (χ3v) is 5.81. The maximum absolute atomic E-state index is 12.8. The van der Waals surface area contributed by atoms with E-state index in [1.165, 1.54) is 25.7 Å². The van der Waals surface area contributed by atoms with E-state index >= 15 is 0 Å². The zero-order chi connectivity index (χ0) is 22.2. The molecule has 6 nitrogen and oxygen atoms in total. The molecule has 2 aromatic carbocycles. The summed E-state index contributed by atoms with van der Waals surface area (Å²) in [5.74, 6) is 0.859. The van der Waals surface area contributed by atoms with Gasteiger partial charge in [-0.05, 0) is 73.2 Å². The average molecular weight is 424 g/mol. The van der Waals surface area contributed by atoms with E-state index in [1.54, 1.807) is 31.4 Å². The number of carbonyl (C=O) groups excluding carboxylic acids is 2. The molecule has 1 atom stereocenters. The number of hydrogen-bond donors (Lipinski definition) is 3. The van der Waals surface area contributed by atoms with Crippen LogP contribution in [0.1, 0.15) is 49.9 Å². The van der Waals surface area contributed by atoms with Gasteiger partial charge in [0.2, 0.25) is 5.91 Å². The highest BCUT2D eigenvalue weighted by molar-refractivity contribution is 6.01. The third kappa shape index (κ3) is 6.48. The normalized spacial score (nSPS) is 14.8. The predicted octanol–water partition coefficient (Wildman–Crippen LogP) is 4.69. The Morgan fingerprint density at radius 2 is 1.58 bits per heavy atom.